The van der Waals surface area contributed by atoms with Gasteiger partial charge in [-0.25, -0.2) is 9.97 Å². The summed E-state index contributed by atoms with van der Waals surface area (Å²) in [6.07, 6.45) is -7.06. The minimum Gasteiger partial charge on any atom is -0.428 e. The van der Waals surface area contributed by atoms with Crippen LogP contribution in [0.1, 0.15) is 0 Å². The molecule has 0 fully saturated rings. The molecule has 1 aromatic heterocycles. The summed E-state index contributed by atoms with van der Waals surface area (Å²) < 4.78 is 54.7. The van der Waals surface area contributed by atoms with E-state index in [9.17, 15) is 17.6 Å². The van der Waals surface area contributed by atoms with Gasteiger partial charge in [-0.2, -0.15) is 17.6 Å². The number of nitrogens with zero attached hydrogens (tertiary/aromatic N) is 2. The maximum atomic E-state index is 13.1. The molecule has 0 radical (unpaired) electrons. The molecule has 0 spiro atoms. The first kappa shape index (κ1) is 20.2. The van der Waals surface area contributed by atoms with Gasteiger partial charge in [0, 0.05) is 23.5 Å². The van der Waals surface area contributed by atoms with Crippen molar-refractivity contribution in [3.63, 3.8) is 0 Å². The monoisotopic (exact) mass is 431 g/mol. The largest absolute Gasteiger partial charge is 0.461 e. The summed E-state index contributed by atoms with van der Waals surface area (Å²) in [4.78, 5) is 8.35. The van der Waals surface area contributed by atoms with Crippen LogP contribution < -0.4 is 10.1 Å². The van der Waals surface area contributed by atoms with Gasteiger partial charge in [0.1, 0.15) is 5.75 Å². The van der Waals surface area contributed by atoms with Gasteiger partial charge in [0.15, 0.2) is 0 Å². The van der Waals surface area contributed by atoms with Crippen molar-refractivity contribution in [2.45, 2.75) is 12.5 Å². The zero-order valence-electron chi connectivity index (χ0n) is 13.8. The Kier molecular flexibility index (Phi) is 5.90. The van der Waals surface area contributed by atoms with Crippen LogP contribution in [0.15, 0.2) is 54.7 Å². The van der Waals surface area contributed by atoms with Gasteiger partial charge in [-0.05, 0) is 30.3 Å². The summed E-state index contributed by atoms with van der Waals surface area (Å²) in [5.74, 6) is -0.280. The molecule has 0 aliphatic carbocycles. The number of nitrogens with one attached hydrogen (secondary N) is 1. The topological polar surface area (TPSA) is 47.0 Å². The predicted octanol–water partition coefficient (Wildman–Crippen LogP) is 6.43. The molecule has 10 heteroatoms. The lowest BCUT2D eigenvalue weighted by Crippen LogP contribution is -2.33. The van der Waals surface area contributed by atoms with Crippen LogP contribution in [0.4, 0.5) is 29.2 Å². The quantitative estimate of drug-likeness (QED) is 0.456. The molecule has 0 atom stereocenters. The van der Waals surface area contributed by atoms with Gasteiger partial charge < -0.3 is 10.1 Å². The average Bonchev–Trinajstić information content (AvgIpc) is 2.64. The van der Waals surface area contributed by atoms with E-state index in [0.29, 0.717) is 21.3 Å². The van der Waals surface area contributed by atoms with E-state index in [2.05, 4.69) is 20.0 Å². The highest BCUT2D eigenvalue weighted by atomic mass is 35.5. The molecular weight excluding hydrogens is 421 g/mol. The summed E-state index contributed by atoms with van der Waals surface area (Å²) in [5.41, 5.74) is 1.50. The fourth-order valence-electron chi connectivity index (χ4n) is 2.20. The maximum absolute atomic E-state index is 13.1. The van der Waals surface area contributed by atoms with Crippen LogP contribution in [0.2, 0.25) is 10.0 Å². The first-order valence-electron chi connectivity index (χ1n) is 7.75. The Morgan fingerprint density at radius 1 is 1.00 bits per heavy atom. The second-order valence-electron chi connectivity index (χ2n) is 5.51. The van der Waals surface area contributed by atoms with Crippen LogP contribution >= 0.6 is 23.2 Å². The molecule has 0 bridgehead atoms. The van der Waals surface area contributed by atoms with Gasteiger partial charge >= 0.3 is 12.5 Å². The van der Waals surface area contributed by atoms with Crippen LogP contribution in [-0.2, 0) is 0 Å². The fraction of sp³-hybridized carbons (Fsp3) is 0.111. The van der Waals surface area contributed by atoms with Crippen LogP contribution in [-0.4, -0.2) is 22.5 Å². The van der Waals surface area contributed by atoms with E-state index in [-0.39, 0.29) is 11.6 Å². The lowest BCUT2D eigenvalue weighted by molar-refractivity contribution is -0.253. The summed E-state index contributed by atoms with van der Waals surface area (Å²) in [7, 11) is 0. The fourth-order valence-corrected chi connectivity index (χ4v) is 2.50. The smallest absolute Gasteiger partial charge is 0.428 e. The molecule has 146 valence electrons. The molecule has 1 heterocycles. The van der Waals surface area contributed by atoms with Crippen molar-refractivity contribution in [2.75, 3.05) is 5.32 Å². The average molecular weight is 432 g/mol. The number of alkyl halides is 4. The normalized spacial score (nSPS) is 11.5. The van der Waals surface area contributed by atoms with Gasteiger partial charge in [0.05, 0.1) is 15.7 Å². The first-order valence-corrected chi connectivity index (χ1v) is 8.51. The van der Waals surface area contributed by atoms with Gasteiger partial charge in [-0.15, -0.1) is 0 Å². The van der Waals surface area contributed by atoms with E-state index >= 15 is 0 Å². The van der Waals surface area contributed by atoms with Gasteiger partial charge in [-0.1, -0.05) is 35.3 Å². The summed E-state index contributed by atoms with van der Waals surface area (Å²) >= 11 is 11.9. The number of rotatable bonds is 6. The Bertz CT molecular complexity index is 989. The highest BCUT2D eigenvalue weighted by Crippen LogP contribution is 2.30. The minimum absolute atomic E-state index is 0.154. The molecule has 0 aliphatic heterocycles. The molecule has 28 heavy (non-hydrogen) atoms. The second-order valence-corrected chi connectivity index (χ2v) is 6.33. The molecule has 3 aromatic rings. The van der Waals surface area contributed by atoms with Crippen LogP contribution in [0.3, 0.4) is 0 Å². The molecule has 0 saturated carbocycles. The third kappa shape index (κ3) is 4.82. The SMILES string of the molecule is FC(F)C(F)(F)Oc1cccc(Nc2nccc(-c3ccc(Cl)c(Cl)c3)n2)c1. The number of aromatic nitrogens is 2. The van der Waals surface area contributed by atoms with E-state index in [1.165, 1.54) is 18.3 Å². The predicted molar refractivity (Wildman–Crippen MR) is 98.8 cm³/mol. The summed E-state index contributed by atoms with van der Waals surface area (Å²) in [5, 5.41) is 3.56. The zero-order chi connectivity index (χ0) is 20.3. The maximum Gasteiger partial charge on any atom is 0.461 e. The molecule has 1 N–H and O–H groups in total. The van der Waals surface area contributed by atoms with Gasteiger partial charge in [0.2, 0.25) is 5.95 Å². The molecule has 0 aliphatic rings. The van der Waals surface area contributed by atoms with Crippen molar-refractivity contribution in [2.24, 2.45) is 0 Å². The van der Waals surface area contributed by atoms with Crippen molar-refractivity contribution < 1.29 is 22.3 Å². The lowest BCUT2D eigenvalue weighted by atomic mass is 10.1. The van der Waals surface area contributed by atoms with E-state index in [4.69, 9.17) is 23.2 Å². The second kappa shape index (κ2) is 8.20. The van der Waals surface area contributed by atoms with Crippen molar-refractivity contribution in [1.29, 1.82) is 0 Å². The van der Waals surface area contributed by atoms with E-state index in [1.807, 2.05) is 0 Å². The number of anilines is 2. The molecule has 0 amide bonds. The molecular formula is C18H11Cl2F4N3O. The van der Waals surface area contributed by atoms with Crippen LogP contribution in [0.5, 0.6) is 5.75 Å². The number of ether oxygens (including phenoxy) is 1. The number of halogens is 6. The first-order chi connectivity index (χ1) is 13.2. The Morgan fingerprint density at radius 2 is 1.79 bits per heavy atom. The molecule has 0 saturated heterocycles. The zero-order valence-corrected chi connectivity index (χ0v) is 15.4. The van der Waals surface area contributed by atoms with Crippen molar-refractivity contribution in [1.82, 2.24) is 9.97 Å². The molecule has 2 aromatic carbocycles. The van der Waals surface area contributed by atoms with Crippen LogP contribution in [0.25, 0.3) is 11.3 Å². The van der Waals surface area contributed by atoms with E-state index in [0.717, 1.165) is 12.1 Å². The molecule has 3 rings (SSSR count). The van der Waals surface area contributed by atoms with E-state index in [1.54, 1.807) is 24.3 Å². The third-order valence-corrected chi connectivity index (χ3v) is 4.21. The third-order valence-electron chi connectivity index (χ3n) is 3.47. The standard InChI is InChI=1S/C18H11Cl2F4N3O/c19-13-5-4-10(8-14(13)20)15-6-7-25-17(27-15)26-11-2-1-3-12(9-11)28-18(23,24)16(21)22/h1-9,16H,(H,25,26,27). The highest BCUT2D eigenvalue weighted by molar-refractivity contribution is 6.42. The number of hydrogen-bond donors (Lipinski definition) is 1. The summed E-state index contributed by atoms with van der Waals surface area (Å²) in [6.45, 7) is 0. The van der Waals surface area contributed by atoms with Crippen LogP contribution in [0, 0.1) is 0 Å². The minimum atomic E-state index is -4.59. The number of benzene rings is 2. The Balaban J connectivity index is 1.81. The molecule has 0 unspecified atom stereocenters. The Labute approximate surface area is 167 Å². The van der Waals surface area contributed by atoms with E-state index < -0.39 is 18.3 Å². The summed E-state index contributed by atoms with van der Waals surface area (Å²) in [6, 6.07) is 11.8. The highest BCUT2D eigenvalue weighted by Gasteiger charge is 2.43. The lowest BCUT2D eigenvalue weighted by Gasteiger charge is -2.17. The molecule has 4 nitrogen and oxygen atoms in total. The Hall–Kier alpha value is -2.58. The van der Waals surface area contributed by atoms with Crippen molar-refractivity contribution in [3.8, 4) is 17.0 Å². The number of hydrogen-bond acceptors (Lipinski definition) is 4. The van der Waals surface area contributed by atoms with Crippen molar-refractivity contribution >= 4 is 34.8 Å². The van der Waals surface area contributed by atoms with Gasteiger partial charge in [0.25, 0.3) is 0 Å². The van der Waals surface area contributed by atoms with Gasteiger partial charge in [-0.3, -0.25) is 0 Å². The Morgan fingerprint density at radius 3 is 2.50 bits per heavy atom. The van der Waals surface area contributed by atoms with Crippen molar-refractivity contribution in [3.05, 3.63) is 64.8 Å².